The normalized spacial score (nSPS) is 9.92. The highest BCUT2D eigenvalue weighted by atomic mass is 14.5. The molecule has 0 rings (SSSR count). The van der Waals surface area contributed by atoms with Crippen molar-refractivity contribution in [1.82, 2.24) is 0 Å². The van der Waals surface area contributed by atoms with Gasteiger partial charge in [-0.1, -0.05) is 95.8 Å². The summed E-state index contributed by atoms with van der Waals surface area (Å²) in [5, 5.41) is 0. The molecule has 0 aliphatic carbocycles. The van der Waals surface area contributed by atoms with E-state index in [1.165, 1.54) is 96.3 Å². The summed E-state index contributed by atoms with van der Waals surface area (Å²) in [7, 11) is 0. The van der Waals surface area contributed by atoms with Gasteiger partial charge in [0.1, 0.15) is 0 Å². The van der Waals surface area contributed by atoms with Crippen LogP contribution in [0.25, 0.3) is 0 Å². The van der Waals surface area contributed by atoms with Crippen molar-refractivity contribution < 1.29 is 0 Å². The monoisotopic (exact) mass is 331 g/mol. The fraction of sp³-hybridized carbons (Fsp3) is 0.826. The second kappa shape index (κ2) is 22.1. The highest BCUT2D eigenvalue weighted by Gasteiger charge is 1.91. The predicted molar refractivity (Wildman–Crippen MR) is 109 cm³/mol. The lowest BCUT2D eigenvalue weighted by molar-refractivity contribution is 0.579. The van der Waals surface area contributed by atoms with E-state index < -0.39 is 0 Å². The second-order valence-corrected chi connectivity index (χ2v) is 6.84. The molecule has 1 nitrogen and oxygen atoms in total. The summed E-state index contributed by atoms with van der Waals surface area (Å²) in [6, 6.07) is 0. The van der Waals surface area contributed by atoms with Crippen molar-refractivity contribution in [2.24, 2.45) is 5.73 Å². The lowest BCUT2D eigenvalue weighted by Gasteiger charge is -1.99. The van der Waals surface area contributed by atoms with E-state index in [2.05, 4.69) is 30.6 Å². The molecule has 138 valence electrons. The van der Waals surface area contributed by atoms with Crippen molar-refractivity contribution in [3.63, 3.8) is 0 Å². The summed E-state index contributed by atoms with van der Waals surface area (Å²) in [4.78, 5) is 0. The molecule has 0 unspecified atom stereocenters. The topological polar surface area (TPSA) is 26.0 Å². The Morgan fingerprint density at radius 1 is 0.500 bits per heavy atom. The molecular weight excluding hydrogens is 290 g/mol. The van der Waals surface area contributed by atoms with Gasteiger partial charge in [-0.05, 0) is 37.6 Å². The molecule has 2 N–H and O–H groups in total. The Hall–Kier alpha value is -0.920. The first kappa shape index (κ1) is 23.1. The van der Waals surface area contributed by atoms with Crippen molar-refractivity contribution in [3.8, 4) is 23.7 Å². The first-order valence-electron chi connectivity index (χ1n) is 10.6. The van der Waals surface area contributed by atoms with E-state index in [4.69, 9.17) is 5.73 Å². The zero-order chi connectivity index (χ0) is 17.6. The van der Waals surface area contributed by atoms with Crippen LogP contribution in [0.3, 0.4) is 0 Å². The van der Waals surface area contributed by atoms with Crippen molar-refractivity contribution in [3.05, 3.63) is 0 Å². The number of nitrogens with two attached hydrogens (primary N) is 1. The van der Waals surface area contributed by atoms with Gasteiger partial charge in [0.2, 0.25) is 0 Å². The standard InChI is InChI=1S/C23H41N/c1-2-3-4-5-6-7-8-9-10-11-12-13-14-15-16-17-18-19-20-21-22-23-24/h2-10,15-24H2,1H3. The zero-order valence-electron chi connectivity index (χ0n) is 16.3. The van der Waals surface area contributed by atoms with Crippen LogP contribution in [-0.4, -0.2) is 6.54 Å². The van der Waals surface area contributed by atoms with Crippen molar-refractivity contribution in [1.29, 1.82) is 0 Å². The number of unbranched alkanes of at least 4 members (excludes halogenated alkanes) is 15. The lowest BCUT2D eigenvalue weighted by atomic mass is 10.1. The van der Waals surface area contributed by atoms with E-state index in [0.717, 1.165) is 19.4 Å². The fourth-order valence-electron chi connectivity index (χ4n) is 2.80. The Morgan fingerprint density at radius 2 is 0.875 bits per heavy atom. The van der Waals surface area contributed by atoms with Gasteiger partial charge in [-0.3, -0.25) is 0 Å². The quantitative estimate of drug-likeness (QED) is 0.250. The number of rotatable bonds is 16. The Labute approximate surface area is 152 Å². The number of hydrogen-bond acceptors (Lipinski definition) is 1. The zero-order valence-corrected chi connectivity index (χ0v) is 16.3. The molecule has 0 aromatic heterocycles. The summed E-state index contributed by atoms with van der Waals surface area (Å²) in [6.45, 7) is 3.11. The van der Waals surface area contributed by atoms with Gasteiger partial charge < -0.3 is 5.73 Å². The van der Waals surface area contributed by atoms with Crippen molar-refractivity contribution in [2.45, 2.75) is 116 Å². The van der Waals surface area contributed by atoms with Crippen LogP contribution in [0.5, 0.6) is 0 Å². The Morgan fingerprint density at radius 3 is 1.29 bits per heavy atom. The van der Waals surface area contributed by atoms with Crippen LogP contribution in [0.2, 0.25) is 0 Å². The lowest BCUT2D eigenvalue weighted by Crippen LogP contribution is -1.97. The maximum Gasteiger partial charge on any atom is 0.00989 e. The van der Waals surface area contributed by atoms with E-state index in [1.54, 1.807) is 0 Å². The predicted octanol–water partition coefficient (Wildman–Crippen LogP) is 6.60. The molecule has 0 heterocycles. The smallest absolute Gasteiger partial charge is 0.00989 e. The third-order valence-electron chi connectivity index (χ3n) is 4.40. The summed E-state index contributed by atoms with van der Waals surface area (Å²) < 4.78 is 0. The Kier molecular flexibility index (Phi) is 21.2. The third kappa shape index (κ3) is 21.1. The summed E-state index contributed by atoms with van der Waals surface area (Å²) in [6.07, 6.45) is 22.0. The van der Waals surface area contributed by atoms with Gasteiger partial charge in [0.15, 0.2) is 0 Å². The molecular formula is C23H41N. The molecule has 0 aromatic rings. The first-order chi connectivity index (χ1) is 11.9. The fourth-order valence-corrected chi connectivity index (χ4v) is 2.80. The summed E-state index contributed by atoms with van der Waals surface area (Å²) in [5.41, 5.74) is 5.48. The van der Waals surface area contributed by atoms with Gasteiger partial charge in [0.05, 0.1) is 0 Å². The molecule has 0 fully saturated rings. The maximum atomic E-state index is 5.48. The van der Waals surface area contributed by atoms with Gasteiger partial charge in [0.25, 0.3) is 0 Å². The minimum absolute atomic E-state index is 0.843. The average molecular weight is 332 g/mol. The molecule has 0 radical (unpaired) electrons. The summed E-state index contributed by atoms with van der Waals surface area (Å²) in [5.74, 6) is 12.4. The van der Waals surface area contributed by atoms with Crippen molar-refractivity contribution >= 4 is 0 Å². The Bertz CT molecular complexity index is 314. The highest BCUT2D eigenvalue weighted by molar-refractivity contribution is 5.25. The summed E-state index contributed by atoms with van der Waals surface area (Å²) >= 11 is 0. The largest absolute Gasteiger partial charge is 0.330 e. The molecule has 0 aliphatic rings. The van der Waals surface area contributed by atoms with E-state index in [9.17, 15) is 0 Å². The van der Waals surface area contributed by atoms with Gasteiger partial charge in [0, 0.05) is 12.8 Å². The van der Waals surface area contributed by atoms with Crippen molar-refractivity contribution in [2.75, 3.05) is 6.54 Å². The van der Waals surface area contributed by atoms with Crippen LogP contribution in [0.15, 0.2) is 0 Å². The van der Waals surface area contributed by atoms with E-state index in [-0.39, 0.29) is 0 Å². The van der Waals surface area contributed by atoms with Crippen LogP contribution >= 0.6 is 0 Å². The molecule has 0 aromatic carbocycles. The Balaban J connectivity index is 3.23. The second-order valence-electron chi connectivity index (χ2n) is 6.84. The first-order valence-corrected chi connectivity index (χ1v) is 10.6. The van der Waals surface area contributed by atoms with Crippen LogP contribution < -0.4 is 5.73 Å². The van der Waals surface area contributed by atoms with E-state index in [1.807, 2.05) is 0 Å². The molecule has 0 atom stereocenters. The molecule has 1 heteroatoms. The van der Waals surface area contributed by atoms with Gasteiger partial charge >= 0.3 is 0 Å². The molecule has 0 amide bonds. The molecule has 0 bridgehead atoms. The number of hydrogen-bond donors (Lipinski definition) is 1. The van der Waals surface area contributed by atoms with E-state index in [0.29, 0.717) is 0 Å². The molecule has 0 saturated carbocycles. The van der Waals surface area contributed by atoms with Gasteiger partial charge in [-0.25, -0.2) is 0 Å². The average Bonchev–Trinajstić information content (AvgIpc) is 2.60. The molecule has 0 spiro atoms. The van der Waals surface area contributed by atoms with Crippen LogP contribution in [0.4, 0.5) is 0 Å². The molecule has 24 heavy (non-hydrogen) atoms. The van der Waals surface area contributed by atoms with Crippen LogP contribution in [0.1, 0.15) is 116 Å². The molecule has 0 saturated heterocycles. The third-order valence-corrected chi connectivity index (χ3v) is 4.40. The minimum Gasteiger partial charge on any atom is -0.330 e. The molecule has 0 aliphatic heterocycles. The van der Waals surface area contributed by atoms with Gasteiger partial charge in [-0.15, -0.1) is 0 Å². The van der Waals surface area contributed by atoms with E-state index >= 15 is 0 Å². The minimum atomic E-state index is 0.843. The SMILES string of the molecule is CCCCCCCCCCC#CC#CCCCCCCCCCN. The van der Waals surface area contributed by atoms with Gasteiger partial charge in [-0.2, -0.15) is 0 Å². The van der Waals surface area contributed by atoms with Crippen LogP contribution in [-0.2, 0) is 0 Å². The maximum absolute atomic E-state index is 5.48. The highest BCUT2D eigenvalue weighted by Crippen LogP contribution is 2.09. The van der Waals surface area contributed by atoms with Crippen LogP contribution in [0, 0.1) is 23.7 Å².